The Morgan fingerprint density at radius 3 is 2.78 bits per heavy atom. The minimum absolute atomic E-state index is 0.180. The number of hydrogen-bond acceptors (Lipinski definition) is 5. The second kappa shape index (κ2) is 7.62. The summed E-state index contributed by atoms with van der Waals surface area (Å²) in [7, 11) is 0. The largest absolute Gasteiger partial charge is 0.443 e. The van der Waals surface area contributed by atoms with Crippen molar-refractivity contribution in [1.82, 2.24) is 20.1 Å². The topological polar surface area (TPSA) is 69.0 Å². The van der Waals surface area contributed by atoms with Crippen LogP contribution in [0.3, 0.4) is 0 Å². The molecule has 0 spiro atoms. The molecule has 2 aromatic carbocycles. The van der Waals surface area contributed by atoms with Crippen molar-refractivity contribution < 1.29 is 9.53 Å². The lowest BCUT2D eigenvalue weighted by atomic mass is 10.1. The highest BCUT2D eigenvalue weighted by molar-refractivity contribution is 7.99. The van der Waals surface area contributed by atoms with E-state index in [4.69, 9.17) is 16.3 Å². The summed E-state index contributed by atoms with van der Waals surface area (Å²) in [5.74, 6) is 1.35. The van der Waals surface area contributed by atoms with Crippen LogP contribution in [0, 0.1) is 6.92 Å². The minimum atomic E-state index is -0.375. The van der Waals surface area contributed by atoms with E-state index in [1.54, 1.807) is 0 Å². The van der Waals surface area contributed by atoms with Gasteiger partial charge in [-0.3, -0.25) is 4.57 Å². The maximum absolute atomic E-state index is 11.2. The zero-order valence-corrected chi connectivity index (χ0v) is 16.1. The molecule has 1 atom stereocenters. The van der Waals surface area contributed by atoms with E-state index in [0.717, 1.165) is 27.8 Å². The summed E-state index contributed by atoms with van der Waals surface area (Å²) in [6.45, 7) is 2.55. The van der Waals surface area contributed by atoms with Gasteiger partial charge in [0.1, 0.15) is 6.10 Å². The van der Waals surface area contributed by atoms with E-state index in [9.17, 15) is 4.79 Å². The van der Waals surface area contributed by atoms with E-state index in [0.29, 0.717) is 17.3 Å². The molecular formula is C19H17ClN4O2S. The predicted molar refractivity (Wildman–Crippen MR) is 106 cm³/mol. The fraction of sp³-hybridized carbons (Fsp3) is 0.211. The summed E-state index contributed by atoms with van der Waals surface area (Å²) >= 11 is 7.55. The molecule has 0 saturated carbocycles. The zero-order chi connectivity index (χ0) is 18.8. The lowest BCUT2D eigenvalue weighted by Crippen LogP contribution is -2.17. The highest BCUT2D eigenvalue weighted by Crippen LogP contribution is 2.29. The number of benzene rings is 2. The van der Waals surface area contributed by atoms with Gasteiger partial charge in [0, 0.05) is 22.0 Å². The second-order valence-electron chi connectivity index (χ2n) is 6.21. The van der Waals surface area contributed by atoms with E-state index in [2.05, 4.69) is 21.6 Å². The van der Waals surface area contributed by atoms with Gasteiger partial charge >= 0.3 is 6.09 Å². The third-order valence-corrected chi connectivity index (χ3v) is 5.45. The molecule has 1 saturated heterocycles. The van der Waals surface area contributed by atoms with Crippen molar-refractivity contribution in [3.8, 4) is 17.1 Å². The Hall–Kier alpha value is -2.51. The van der Waals surface area contributed by atoms with Gasteiger partial charge in [0.15, 0.2) is 11.0 Å². The van der Waals surface area contributed by atoms with Crippen LogP contribution in [0.4, 0.5) is 4.79 Å². The summed E-state index contributed by atoms with van der Waals surface area (Å²) < 4.78 is 7.21. The number of ether oxygens (including phenoxy) is 1. The number of alkyl carbamates (subject to hydrolysis) is 1. The van der Waals surface area contributed by atoms with Crippen molar-refractivity contribution in [2.75, 3.05) is 12.3 Å². The Bertz CT molecular complexity index is 974. The van der Waals surface area contributed by atoms with Gasteiger partial charge in [-0.2, -0.15) is 0 Å². The lowest BCUT2D eigenvalue weighted by molar-refractivity contribution is 0.150. The van der Waals surface area contributed by atoms with Gasteiger partial charge in [-0.25, -0.2) is 4.79 Å². The van der Waals surface area contributed by atoms with Crippen LogP contribution >= 0.6 is 23.4 Å². The van der Waals surface area contributed by atoms with Gasteiger partial charge in [0.25, 0.3) is 0 Å². The number of halogens is 1. The molecule has 0 aliphatic carbocycles. The van der Waals surface area contributed by atoms with Gasteiger partial charge in [0.2, 0.25) is 0 Å². The quantitative estimate of drug-likeness (QED) is 0.653. The molecule has 27 heavy (non-hydrogen) atoms. The molecule has 1 N–H and O–H groups in total. The smallest absolute Gasteiger partial charge is 0.407 e. The summed E-state index contributed by atoms with van der Waals surface area (Å²) in [6, 6.07) is 15.7. The Morgan fingerprint density at radius 2 is 2.07 bits per heavy atom. The summed E-state index contributed by atoms with van der Waals surface area (Å²) in [4.78, 5) is 11.2. The number of aromatic nitrogens is 3. The maximum atomic E-state index is 11.2. The number of carbonyl (C=O) groups is 1. The molecule has 1 aliphatic rings. The first kappa shape index (κ1) is 17.9. The number of nitrogens with zero attached hydrogens (tertiary/aromatic N) is 3. The first-order valence-corrected chi connectivity index (χ1v) is 9.82. The maximum Gasteiger partial charge on any atom is 0.407 e. The van der Waals surface area contributed by atoms with E-state index < -0.39 is 0 Å². The highest BCUT2D eigenvalue weighted by atomic mass is 35.5. The van der Waals surface area contributed by atoms with Gasteiger partial charge in [-0.05, 0) is 37.3 Å². The fourth-order valence-corrected chi connectivity index (χ4v) is 3.92. The number of cyclic esters (lactones) is 1. The third kappa shape index (κ3) is 3.94. The second-order valence-corrected chi connectivity index (χ2v) is 7.63. The average Bonchev–Trinajstić information content (AvgIpc) is 3.27. The van der Waals surface area contributed by atoms with Crippen molar-refractivity contribution in [2.45, 2.75) is 18.2 Å². The molecule has 1 aliphatic heterocycles. The number of hydrogen-bond donors (Lipinski definition) is 1. The molecule has 6 nitrogen and oxygen atoms in total. The van der Waals surface area contributed by atoms with Crippen LogP contribution in [0.15, 0.2) is 53.7 Å². The molecule has 4 rings (SSSR count). The third-order valence-electron chi connectivity index (χ3n) is 4.14. The molecule has 1 aromatic heterocycles. The molecule has 0 radical (unpaired) electrons. The standard InChI is InChI=1S/C19H17ClN4O2S/c1-12-3-2-4-13(9-12)17-22-23-18(27-11-16-10-21-19(25)26-16)24(17)15-7-5-14(20)6-8-15/h2-9,16H,10-11H2,1H3,(H,21,25)/t16-/m1/s1. The number of carbonyl (C=O) groups excluding carboxylic acids is 1. The van der Waals surface area contributed by atoms with Crippen LogP contribution < -0.4 is 5.32 Å². The van der Waals surface area contributed by atoms with Gasteiger partial charge in [0.05, 0.1) is 6.54 Å². The van der Waals surface area contributed by atoms with Gasteiger partial charge in [-0.1, -0.05) is 47.1 Å². The summed E-state index contributed by atoms with van der Waals surface area (Å²) in [6.07, 6.45) is -0.555. The minimum Gasteiger partial charge on any atom is -0.443 e. The molecule has 8 heteroatoms. The molecule has 1 fully saturated rings. The molecule has 0 unspecified atom stereocenters. The van der Waals surface area contributed by atoms with Crippen LogP contribution in [0.2, 0.25) is 5.02 Å². The van der Waals surface area contributed by atoms with E-state index in [1.165, 1.54) is 11.8 Å². The van der Waals surface area contributed by atoms with Crippen molar-refractivity contribution in [3.63, 3.8) is 0 Å². The van der Waals surface area contributed by atoms with Crippen LogP contribution in [-0.2, 0) is 4.74 Å². The Balaban J connectivity index is 1.70. The van der Waals surface area contributed by atoms with E-state index in [-0.39, 0.29) is 12.2 Å². The van der Waals surface area contributed by atoms with Crippen LogP contribution in [-0.4, -0.2) is 39.3 Å². The van der Waals surface area contributed by atoms with Crippen LogP contribution in [0.5, 0.6) is 0 Å². The van der Waals surface area contributed by atoms with E-state index >= 15 is 0 Å². The summed E-state index contributed by atoms with van der Waals surface area (Å²) in [5.41, 5.74) is 3.06. The molecule has 1 amide bonds. The SMILES string of the molecule is Cc1cccc(-c2nnc(SC[C@H]3CNC(=O)O3)n2-c2ccc(Cl)cc2)c1. The number of aryl methyl sites for hydroxylation is 1. The normalized spacial score (nSPS) is 16.2. The van der Waals surface area contributed by atoms with Crippen molar-refractivity contribution in [1.29, 1.82) is 0 Å². The Morgan fingerprint density at radius 1 is 1.26 bits per heavy atom. The molecule has 0 bridgehead atoms. The molecule has 3 aromatic rings. The number of thioether (sulfide) groups is 1. The molecular weight excluding hydrogens is 384 g/mol. The average molecular weight is 401 g/mol. The molecule has 138 valence electrons. The first-order chi connectivity index (χ1) is 13.1. The first-order valence-electron chi connectivity index (χ1n) is 8.46. The van der Waals surface area contributed by atoms with Crippen LogP contribution in [0.25, 0.3) is 17.1 Å². The van der Waals surface area contributed by atoms with Gasteiger partial charge in [-0.15, -0.1) is 10.2 Å². The predicted octanol–water partition coefficient (Wildman–Crippen LogP) is 4.10. The highest BCUT2D eigenvalue weighted by Gasteiger charge is 2.24. The Kier molecular flexibility index (Phi) is 5.05. The van der Waals surface area contributed by atoms with E-state index in [1.807, 2.05) is 54.0 Å². The van der Waals surface area contributed by atoms with Crippen molar-refractivity contribution in [2.24, 2.45) is 0 Å². The Labute approximate surface area is 165 Å². The van der Waals surface area contributed by atoms with Crippen molar-refractivity contribution >= 4 is 29.5 Å². The zero-order valence-electron chi connectivity index (χ0n) is 14.6. The fourth-order valence-electron chi connectivity index (χ4n) is 2.85. The summed E-state index contributed by atoms with van der Waals surface area (Å²) in [5, 5.41) is 12.9. The number of amides is 1. The van der Waals surface area contributed by atoms with Crippen LogP contribution in [0.1, 0.15) is 5.56 Å². The number of nitrogens with one attached hydrogen (secondary N) is 1. The number of rotatable bonds is 5. The van der Waals surface area contributed by atoms with Gasteiger partial charge < -0.3 is 10.1 Å². The lowest BCUT2D eigenvalue weighted by Gasteiger charge is -2.12. The monoisotopic (exact) mass is 400 g/mol. The van der Waals surface area contributed by atoms with Crippen molar-refractivity contribution in [3.05, 3.63) is 59.1 Å². The molecule has 2 heterocycles.